The summed E-state index contributed by atoms with van der Waals surface area (Å²) in [4.78, 5) is 14.0. The van der Waals surface area contributed by atoms with Crippen molar-refractivity contribution in [3.05, 3.63) is 27.9 Å². The summed E-state index contributed by atoms with van der Waals surface area (Å²) in [6, 6.07) is 2.28. The second-order valence-electron chi connectivity index (χ2n) is 2.80. The van der Waals surface area contributed by atoms with Gasteiger partial charge in [-0.05, 0) is 6.92 Å². The Hall–Kier alpha value is -1.69. The van der Waals surface area contributed by atoms with Gasteiger partial charge in [0.15, 0.2) is 0 Å². The van der Waals surface area contributed by atoms with Crippen LogP contribution in [0.4, 0.5) is 5.69 Å². The number of methoxy groups -OCH3 is 1. The zero-order chi connectivity index (χ0) is 10.7. The molecule has 6 nitrogen and oxygen atoms in total. The van der Waals surface area contributed by atoms with E-state index in [0.29, 0.717) is 5.88 Å². The minimum atomic E-state index is -0.509. The molecule has 14 heavy (non-hydrogen) atoms. The molecule has 0 fully saturated rings. The van der Waals surface area contributed by atoms with Crippen LogP contribution in [0.2, 0.25) is 0 Å². The van der Waals surface area contributed by atoms with Crippen LogP contribution in [0.15, 0.2) is 12.1 Å². The summed E-state index contributed by atoms with van der Waals surface area (Å²) in [6.07, 6.45) is 0. The topological polar surface area (TPSA) is 91.3 Å². The fourth-order valence-corrected chi connectivity index (χ4v) is 1.05. The van der Waals surface area contributed by atoms with Crippen LogP contribution in [-0.4, -0.2) is 17.0 Å². The summed E-state index contributed by atoms with van der Waals surface area (Å²) in [5.41, 5.74) is 5.70. The van der Waals surface area contributed by atoms with Gasteiger partial charge in [0.1, 0.15) is 5.69 Å². The van der Waals surface area contributed by atoms with Gasteiger partial charge < -0.3 is 10.5 Å². The molecule has 0 saturated carbocycles. The van der Waals surface area contributed by atoms with Crippen molar-refractivity contribution in [3.63, 3.8) is 0 Å². The average Bonchev–Trinajstić information content (AvgIpc) is 2.16. The molecule has 0 radical (unpaired) electrons. The highest BCUT2D eigenvalue weighted by atomic mass is 16.6. The Morgan fingerprint density at radius 2 is 2.29 bits per heavy atom. The molecule has 0 aromatic carbocycles. The van der Waals surface area contributed by atoms with E-state index < -0.39 is 11.0 Å². The number of rotatable bonds is 3. The molecular formula is C8H11N3O3. The van der Waals surface area contributed by atoms with E-state index in [1.807, 2.05) is 0 Å². The number of nitrogens with two attached hydrogens (primary N) is 1. The molecule has 1 atom stereocenters. The third-order valence-electron chi connectivity index (χ3n) is 1.71. The van der Waals surface area contributed by atoms with E-state index >= 15 is 0 Å². The lowest BCUT2D eigenvalue weighted by atomic mass is 10.2. The number of nitro groups is 1. The maximum absolute atomic E-state index is 10.6. The largest absolute Gasteiger partial charge is 0.481 e. The first kappa shape index (κ1) is 10.4. The summed E-state index contributed by atoms with van der Waals surface area (Å²) >= 11 is 0. The van der Waals surface area contributed by atoms with Crippen LogP contribution in [0.25, 0.3) is 0 Å². The fourth-order valence-electron chi connectivity index (χ4n) is 1.05. The van der Waals surface area contributed by atoms with Crippen molar-refractivity contribution in [1.82, 2.24) is 4.98 Å². The molecule has 76 valence electrons. The van der Waals surface area contributed by atoms with Gasteiger partial charge in [0.2, 0.25) is 5.88 Å². The monoisotopic (exact) mass is 197 g/mol. The normalized spacial score (nSPS) is 12.2. The quantitative estimate of drug-likeness (QED) is 0.576. The van der Waals surface area contributed by atoms with Gasteiger partial charge in [0.25, 0.3) is 5.69 Å². The van der Waals surface area contributed by atoms with Gasteiger partial charge in [-0.15, -0.1) is 0 Å². The Bertz CT molecular complexity index is 352. The lowest BCUT2D eigenvalue weighted by molar-refractivity contribution is -0.386. The summed E-state index contributed by atoms with van der Waals surface area (Å²) < 4.78 is 4.85. The number of pyridine rings is 1. The molecule has 0 aliphatic rings. The minimum absolute atomic E-state index is 0.0826. The summed E-state index contributed by atoms with van der Waals surface area (Å²) in [7, 11) is 1.44. The third kappa shape index (κ3) is 1.97. The van der Waals surface area contributed by atoms with Crippen LogP contribution < -0.4 is 10.5 Å². The highest BCUT2D eigenvalue weighted by Gasteiger charge is 2.18. The number of hydrogen-bond donors (Lipinski definition) is 1. The average molecular weight is 197 g/mol. The number of hydrogen-bond acceptors (Lipinski definition) is 5. The molecule has 6 heteroatoms. The van der Waals surface area contributed by atoms with Crippen molar-refractivity contribution in [1.29, 1.82) is 0 Å². The fraction of sp³-hybridized carbons (Fsp3) is 0.375. The molecule has 1 heterocycles. The van der Waals surface area contributed by atoms with Gasteiger partial charge in [0, 0.05) is 12.1 Å². The van der Waals surface area contributed by atoms with Gasteiger partial charge in [-0.25, -0.2) is 4.98 Å². The Kier molecular flexibility index (Phi) is 2.98. The van der Waals surface area contributed by atoms with E-state index in [9.17, 15) is 10.1 Å². The van der Waals surface area contributed by atoms with Crippen molar-refractivity contribution < 1.29 is 9.66 Å². The molecule has 2 N–H and O–H groups in total. The van der Waals surface area contributed by atoms with Crippen molar-refractivity contribution in [2.45, 2.75) is 13.0 Å². The molecule has 0 saturated heterocycles. The van der Waals surface area contributed by atoms with Gasteiger partial charge in [0.05, 0.1) is 18.1 Å². The maximum atomic E-state index is 10.6. The standard InChI is InChI=1S/C8H11N3O3/c1-5(9)8-6(11(12)13)3-4-7(10-8)14-2/h3-5H,9H2,1-2H3. The molecule has 1 unspecified atom stereocenters. The van der Waals surface area contributed by atoms with Gasteiger partial charge >= 0.3 is 0 Å². The summed E-state index contributed by atoms with van der Waals surface area (Å²) in [5.74, 6) is 0.322. The number of nitrogens with zero attached hydrogens (tertiary/aromatic N) is 2. The highest BCUT2D eigenvalue weighted by molar-refractivity contribution is 5.39. The van der Waals surface area contributed by atoms with Crippen LogP contribution in [0.1, 0.15) is 18.7 Å². The second-order valence-corrected chi connectivity index (χ2v) is 2.80. The molecule has 0 bridgehead atoms. The second kappa shape index (κ2) is 4.01. The minimum Gasteiger partial charge on any atom is -0.481 e. The summed E-state index contributed by atoms with van der Waals surface area (Å²) in [5, 5.41) is 10.6. The van der Waals surface area contributed by atoms with E-state index in [2.05, 4.69) is 4.98 Å². The van der Waals surface area contributed by atoms with Crippen LogP contribution >= 0.6 is 0 Å². The van der Waals surface area contributed by atoms with Crippen molar-refractivity contribution >= 4 is 5.69 Å². The Labute approximate surface area is 80.9 Å². The molecule has 1 rings (SSSR count). The molecule has 1 aromatic rings. The molecular weight excluding hydrogens is 186 g/mol. The molecule has 0 amide bonds. The third-order valence-corrected chi connectivity index (χ3v) is 1.71. The predicted molar refractivity (Wildman–Crippen MR) is 50.0 cm³/mol. The molecule has 1 aromatic heterocycles. The first-order valence-electron chi connectivity index (χ1n) is 4.01. The lowest BCUT2D eigenvalue weighted by Crippen LogP contribution is -2.11. The Balaban J connectivity index is 3.24. The first-order valence-corrected chi connectivity index (χ1v) is 4.01. The number of ether oxygens (including phenoxy) is 1. The Morgan fingerprint density at radius 1 is 1.64 bits per heavy atom. The zero-order valence-corrected chi connectivity index (χ0v) is 7.93. The maximum Gasteiger partial charge on any atom is 0.292 e. The summed E-state index contributed by atoms with van der Waals surface area (Å²) in [6.45, 7) is 1.63. The van der Waals surface area contributed by atoms with Crippen molar-refractivity contribution in [3.8, 4) is 5.88 Å². The van der Waals surface area contributed by atoms with Crippen LogP contribution in [0.5, 0.6) is 5.88 Å². The van der Waals surface area contributed by atoms with Crippen LogP contribution in [0, 0.1) is 10.1 Å². The van der Waals surface area contributed by atoms with E-state index in [0.717, 1.165) is 0 Å². The highest BCUT2D eigenvalue weighted by Crippen LogP contribution is 2.23. The lowest BCUT2D eigenvalue weighted by Gasteiger charge is -2.06. The SMILES string of the molecule is COc1ccc([N+](=O)[O-])c(C(C)N)n1. The first-order chi connectivity index (χ1) is 6.56. The molecule has 0 aliphatic heterocycles. The van der Waals surface area contributed by atoms with Gasteiger partial charge in [-0.1, -0.05) is 0 Å². The van der Waals surface area contributed by atoms with E-state index in [4.69, 9.17) is 10.5 Å². The van der Waals surface area contributed by atoms with Gasteiger partial charge in [-0.3, -0.25) is 10.1 Å². The van der Waals surface area contributed by atoms with Crippen LogP contribution in [0.3, 0.4) is 0 Å². The zero-order valence-electron chi connectivity index (χ0n) is 7.93. The predicted octanol–water partition coefficient (Wildman–Crippen LogP) is 1.02. The van der Waals surface area contributed by atoms with E-state index in [1.54, 1.807) is 6.92 Å². The number of aromatic nitrogens is 1. The van der Waals surface area contributed by atoms with E-state index in [1.165, 1.54) is 19.2 Å². The van der Waals surface area contributed by atoms with E-state index in [-0.39, 0.29) is 11.4 Å². The Morgan fingerprint density at radius 3 is 2.71 bits per heavy atom. The molecule has 0 spiro atoms. The van der Waals surface area contributed by atoms with Crippen LogP contribution in [-0.2, 0) is 0 Å². The smallest absolute Gasteiger partial charge is 0.292 e. The van der Waals surface area contributed by atoms with Gasteiger partial charge in [-0.2, -0.15) is 0 Å². The van der Waals surface area contributed by atoms with Crippen molar-refractivity contribution in [2.75, 3.05) is 7.11 Å². The molecule has 0 aliphatic carbocycles. The van der Waals surface area contributed by atoms with Crippen molar-refractivity contribution in [2.24, 2.45) is 5.73 Å².